The zero-order valence-corrected chi connectivity index (χ0v) is 10.1. The smallest absolute Gasteiger partial charge is 0.0216 e. The van der Waals surface area contributed by atoms with E-state index in [1.165, 1.54) is 9.75 Å². The molecule has 1 unspecified atom stereocenters. The molecule has 2 N–H and O–H groups in total. The first-order chi connectivity index (χ1) is 6.61. The fourth-order valence-electron chi connectivity index (χ4n) is 1.51. The maximum absolute atomic E-state index is 6.02. The van der Waals surface area contributed by atoms with E-state index in [0.29, 0.717) is 0 Å². The van der Waals surface area contributed by atoms with Gasteiger partial charge in [0.05, 0.1) is 0 Å². The molecular weight excluding hydrogens is 192 g/mol. The van der Waals surface area contributed by atoms with Crippen molar-refractivity contribution < 1.29 is 0 Å². The van der Waals surface area contributed by atoms with Crippen LogP contribution in [0, 0.1) is 0 Å². The van der Waals surface area contributed by atoms with Crippen molar-refractivity contribution in [1.29, 1.82) is 0 Å². The molecule has 0 spiro atoms. The molecule has 3 heteroatoms. The van der Waals surface area contributed by atoms with Gasteiger partial charge in [-0.15, -0.1) is 11.3 Å². The number of nitrogens with two attached hydrogens (primary N) is 1. The van der Waals surface area contributed by atoms with Crippen molar-refractivity contribution >= 4 is 11.3 Å². The lowest BCUT2D eigenvalue weighted by atomic mass is 10.2. The Hall–Kier alpha value is -0.380. The average molecular weight is 212 g/mol. The van der Waals surface area contributed by atoms with Gasteiger partial charge in [-0.2, -0.15) is 0 Å². The third-order valence-electron chi connectivity index (χ3n) is 2.13. The minimum absolute atomic E-state index is 0.258. The minimum atomic E-state index is 0.258. The summed E-state index contributed by atoms with van der Waals surface area (Å²) in [6.07, 6.45) is 2.14. The van der Waals surface area contributed by atoms with Crippen molar-refractivity contribution in [3.8, 4) is 0 Å². The van der Waals surface area contributed by atoms with E-state index in [-0.39, 0.29) is 6.04 Å². The Morgan fingerprint density at radius 1 is 1.36 bits per heavy atom. The standard InChI is InChI=1S/C11H20N2S/c1-4-10-5-6-11(14-10)7-9(12)8-13(2)3/h5-6,9H,4,7-8,12H2,1-3H3. The minimum Gasteiger partial charge on any atom is -0.326 e. The molecule has 0 aliphatic carbocycles. The molecule has 80 valence electrons. The van der Waals surface area contributed by atoms with Crippen LogP contribution in [-0.4, -0.2) is 31.6 Å². The highest BCUT2D eigenvalue weighted by molar-refractivity contribution is 7.11. The Morgan fingerprint density at radius 2 is 2.00 bits per heavy atom. The molecule has 0 aliphatic rings. The van der Waals surface area contributed by atoms with Crippen molar-refractivity contribution in [3.63, 3.8) is 0 Å². The molecule has 0 amide bonds. The molecule has 2 nitrogen and oxygen atoms in total. The quantitative estimate of drug-likeness (QED) is 0.805. The maximum Gasteiger partial charge on any atom is 0.0216 e. The van der Waals surface area contributed by atoms with E-state index in [9.17, 15) is 0 Å². The normalized spacial score (nSPS) is 13.5. The molecule has 1 atom stereocenters. The SMILES string of the molecule is CCc1ccc(CC(N)CN(C)C)s1. The summed E-state index contributed by atoms with van der Waals surface area (Å²) in [7, 11) is 4.12. The van der Waals surface area contributed by atoms with Crippen LogP contribution in [0.3, 0.4) is 0 Å². The number of aryl methyl sites for hydroxylation is 1. The molecule has 1 aromatic heterocycles. The van der Waals surface area contributed by atoms with Crippen molar-refractivity contribution in [2.24, 2.45) is 5.73 Å². The molecule has 0 fully saturated rings. The third-order valence-corrected chi connectivity index (χ3v) is 3.38. The molecule has 0 saturated carbocycles. The number of hydrogen-bond acceptors (Lipinski definition) is 3. The van der Waals surface area contributed by atoms with E-state index in [4.69, 9.17) is 5.73 Å². The van der Waals surface area contributed by atoms with Gasteiger partial charge in [0.1, 0.15) is 0 Å². The van der Waals surface area contributed by atoms with Gasteiger partial charge in [-0.3, -0.25) is 0 Å². The summed E-state index contributed by atoms with van der Waals surface area (Å²) >= 11 is 1.89. The summed E-state index contributed by atoms with van der Waals surface area (Å²) in [5.41, 5.74) is 6.02. The second-order valence-corrected chi connectivity index (χ2v) is 5.20. The molecule has 0 saturated heterocycles. The van der Waals surface area contributed by atoms with Gasteiger partial charge in [0.25, 0.3) is 0 Å². The van der Waals surface area contributed by atoms with E-state index in [2.05, 4.69) is 38.1 Å². The number of rotatable bonds is 5. The molecule has 0 aliphatic heterocycles. The fraction of sp³-hybridized carbons (Fsp3) is 0.636. The van der Waals surface area contributed by atoms with Crippen LogP contribution in [-0.2, 0) is 12.8 Å². The summed E-state index contributed by atoms with van der Waals surface area (Å²) in [4.78, 5) is 5.01. The topological polar surface area (TPSA) is 29.3 Å². The molecule has 1 rings (SSSR count). The molecule has 0 aromatic carbocycles. The van der Waals surface area contributed by atoms with E-state index in [1.807, 2.05) is 11.3 Å². The van der Waals surface area contributed by atoms with Crippen LogP contribution in [0.1, 0.15) is 16.7 Å². The van der Waals surface area contributed by atoms with Crippen molar-refractivity contribution in [1.82, 2.24) is 4.90 Å². The summed E-state index contributed by atoms with van der Waals surface area (Å²) in [5, 5.41) is 0. The second-order valence-electron chi connectivity index (χ2n) is 3.95. The van der Waals surface area contributed by atoms with Crippen LogP contribution in [0.25, 0.3) is 0 Å². The predicted octanol–water partition coefficient (Wildman–Crippen LogP) is 1.74. The van der Waals surface area contributed by atoms with Crippen LogP contribution in [0.4, 0.5) is 0 Å². The number of hydrogen-bond donors (Lipinski definition) is 1. The Labute approximate surface area is 90.7 Å². The first kappa shape index (κ1) is 11.7. The summed E-state index contributed by atoms with van der Waals surface area (Å²) < 4.78 is 0. The van der Waals surface area contributed by atoms with Gasteiger partial charge in [0.2, 0.25) is 0 Å². The summed E-state index contributed by atoms with van der Waals surface area (Å²) in [6.45, 7) is 3.15. The monoisotopic (exact) mass is 212 g/mol. The number of nitrogens with zero attached hydrogens (tertiary/aromatic N) is 1. The Bertz CT molecular complexity index is 268. The highest BCUT2D eigenvalue weighted by atomic mass is 32.1. The largest absolute Gasteiger partial charge is 0.326 e. The first-order valence-electron chi connectivity index (χ1n) is 5.09. The van der Waals surface area contributed by atoms with Gasteiger partial charge in [0, 0.05) is 22.3 Å². The van der Waals surface area contributed by atoms with E-state index >= 15 is 0 Å². The Kier molecular flexibility index (Phi) is 4.58. The first-order valence-corrected chi connectivity index (χ1v) is 5.91. The van der Waals surface area contributed by atoms with Crippen LogP contribution >= 0.6 is 11.3 Å². The van der Waals surface area contributed by atoms with Gasteiger partial charge in [0.15, 0.2) is 0 Å². The molecule has 1 aromatic rings. The lowest BCUT2D eigenvalue weighted by Gasteiger charge is -2.15. The van der Waals surface area contributed by atoms with E-state index in [1.54, 1.807) is 0 Å². The van der Waals surface area contributed by atoms with Gasteiger partial charge in [-0.25, -0.2) is 0 Å². The molecule has 14 heavy (non-hydrogen) atoms. The fourth-order valence-corrected chi connectivity index (χ4v) is 2.56. The van der Waals surface area contributed by atoms with Crippen LogP contribution < -0.4 is 5.73 Å². The summed E-state index contributed by atoms with van der Waals surface area (Å²) in [5.74, 6) is 0. The third kappa shape index (κ3) is 3.78. The summed E-state index contributed by atoms with van der Waals surface area (Å²) in [6, 6.07) is 4.68. The molecular formula is C11H20N2S. The maximum atomic E-state index is 6.02. The highest BCUT2D eigenvalue weighted by Gasteiger charge is 2.07. The van der Waals surface area contributed by atoms with Gasteiger partial charge < -0.3 is 10.6 Å². The second kappa shape index (κ2) is 5.49. The van der Waals surface area contributed by atoms with Crippen molar-refractivity contribution in [3.05, 3.63) is 21.9 Å². The zero-order valence-electron chi connectivity index (χ0n) is 9.29. The van der Waals surface area contributed by atoms with Crippen molar-refractivity contribution in [2.75, 3.05) is 20.6 Å². The van der Waals surface area contributed by atoms with Crippen LogP contribution in [0.5, 0.6) is 0 Å². The van der Waals surface area contributed by atoms with Crippen LogP contribution in [0.2, 0.25) is 0 Å². The van der Waals surface area contributed by atoms with E-state index in [0.717, 1.165) is 19.4 Å². The molecule has 0 bridgehead atoms. The lowest BCUT2D eigenvalue weighted by Crippen LogP contribution is -2.34. The average Bonchev–Trinajstić information content (AvgIpc) is 2.50. The van der Waals surface area contributed by atoms with Crippen molar-refractivity contribution in [2.45, 2.75) is 25.8 Å². The lowest BCUT2D eigenvalue weighted by molar-refractivity contribution is 0.372. The predicted molar refractivity (Wildman–Crippen MR) is 63.9 cm³/mol. The van der Waals surface area contributed by atoms with E-state index < -0.39 is 0 Å². The molecule has 1 heterocycles. The Morgan fingerprint density at radius 3 is 2.50 bits per heavy atom. The van der Waals surface area contributed by atoms with Gasteiger partial charge in [-0.05, 0) is 39.1 Å². The van der Waals surface area contributed by atoms with Gasteiger partial charge in [-0.1, -0.05) is 6.92 Å². The molecule has 0 radical (unpaired) electrons. The Balaban J connectivity index is 2.43. The number of thiophene rings is 1. The highest BCUT2D eigenvalue weighted by Crippen LogP contribution is 2.18. The number of likely N-dealkylation sites (N-methyl/N-ethyl adjacent to an activating group) is 1. The van der Waals surface area contributed by atoms with Gasteiger partial charge >= 0.3 is 0 Å². The zero-order chi connectivity index (χ0) is 10.6. The van der Waals surface area contributed by atoms with Crippen LogP contribution in [0.15, 0.2) is 12.1 Å².